The minimum absolute atomic E-state index is 0.818. The van der Waals surface area contributed by atoms with Crippen LogP contribution in [0.25, 0.3) is 0 Å². The molecule has 0 spiro atoms. The van der Waals surface area contributed by atoms with Crippen LogP contribution >= 0.6 is 0 Å². The summed E-state index contributed by atoms with van der Waals surface area (Å²) in [6, 6.07) is 1.64. The van der Waals surface area contributed by atoms with Crippen LogP contribution < -0.4 is 0 Å². The van der Waals surface area contributed by atoms with Crippen molar-refractivity contribution < 1.29 is 0 Å². The fourth-order valence-corrected chi connectivity index (χ4v) is 9.22. The van der Waals surface area contributed by atoms with Gasteiger partial charge in [-0.05, 0) is 32.7 Å². The average molecular weight is 760 g/mol. The van der Waals surface area contributed by atoms with Crippen molar-refractivity contribution in [3.8, 4) is 0 Å². The molecule has 54 heavy (non-hydrogen) atoms. The van der Waals surface area contributed by atoms with Crippen LogP contribution in [-0.4, -0.2) is 24.0 Å². The van der Waals surface area contributed by atoms with Gasteiger partial charge < -0.3 is 4.90 Å². The summed E-state index contributed by atoms with van der Waals surface area (Å²) >= 11 is 0. The van der Waals surface area contributed by atoms with Crippen LogP contribution in [0.2, 0.25) is 0 Å². The van der Waals surface area contributed by atoms with Gasteiger partial charge in [-0.15, -0.1) is 0 Å². The highest BCUT2D eigenvalue weighted by molar-refractivity contribution is 4.78. The molecule has 0 aliphatic heterocycles. The van der Waals surface area contributed by atoms with Crippen molar-refractivity contribution in [2.24, 2.45) is 0 Å². The lowest BCUT2D eigenvalue weighted by molar-refractivity contribution is 0.131. The number of hydrogen-bond acceptors (Lipinski definition) is 1. The Morgan fingerprint density at radius 2 is 0.333 bits per heavy atom. The summed E-state index contributed by atoms with van der Waals surface area (Å²) in [5.74, 6) is 0. The van der Waals surface area contributed by atoms with E-state index < -0.39 is 0 Å². The summed E-state index contributed by atoms with van der Waals surface area (Å²) in [6.45, 7) is 9.33. The zero-order valence-electron chi connectivity index (χ0n) is 39.1. The van der Waals surface area contributed by atoms with E-state index in [0.717, 1.165) is 12.1 Å². The molecule has 0 radical (unpaired) electrons. The maximum absolute atomic E-state index is 2.98. The second kappa shape index (κ2) is 47.3. The van der Waals surface area contributed by atoms with Crippen LogP contribution in [0.3, 0.4) is 0 Å². The molecule has 0 bridgehead atoms. The standard InChI is InChI=1S/C53H109N/c1-6-10-14-18-22-26-30-34-38-42-46-50-52(48-44-40-36-32-28-24-20-16-12-8-3)54(5)53(49-45-41-37-33-29-25-21-17-13-9-4)51-47-43-39-35-31-27-23-19-15-11-7-2/h52-53H,6-51H2,1-5H3. The molecular weight excluding hydrogens is 651 g/mol. The highest BCUT2D eigenvalue weighted by atomic mass is 15.2. The highest BCUT2D eigenvalue weighted by Crippen LogP contribution is 2.26. The summed E-state index contributed by atoms with van der Waals surface area (Å²) in [4.78, 5) is 2.98. The Labute approximate surface area is 345 Å². The van der Waals surface area contributed by atoms with Crippen molar-refractivity contribution in [2.45, 2.75) is 335 Å². The summed E-state index contributed by atoms with van der Waals surface area (Å²) < 4.78 is 0. The van der Waals surface area contributed by atoms with Gasteiger partial charge in [-0.1, -0.05) is 297 Å². The quantitative estimate of drug-likeness (QED) is 0.0559. The Kier molecular flexibility index (Phi) is 47.3. The minimum atomic E-state index is 0.818. The Morgan fingerprint density at radius 3 is 0.481 bits per heavy atom. The SMILES string of the molecule is CCCCCCCCCCCCCC(CCCCCCCCCCCC)N(C)C(CCCCCCCCCCCC)CCCCCCCCCCCCC. The summed E-state index contributed by atoms with van der Waals surface area (Å²) in [5, 5.41) is 0. The predicted molar refractivity (Wildman–Crippen MR) is 250 cm³/mol. The van der Waals surface area contributed by atoms with Gasteiger partial charge in [0, 0.05) is 12.1 Å². The van der Waals surface area contributed by atoms with Gasteiger partial charge in [0.1, 0.15) is 0 Å². The molecule has 0 aliphatic carbocycles. The lowest BCUT2D eigenvalue weighted by Gasteiger charge is -2.36. The molecule has 0 saturated carbocycles. The lowest BCUT2D eigenvalue weighted by Crippen LogP contribution is -2.40. The molecule has 0 aromatic rings. The first kappa shape index (κ1) is 54.0. The Balaban J connectivity index is 4.92. The number of hydrogen-bond donors (Lipinski definition) is 0. The van der Waals surface area contributed by atoms with Gasteiger partial charge in [0.25, 0.3) is 0 Å². The Hall–Kier alpha value is -0.0400. The molecule has 0 amide bonds. The molecule has 0 N–H and O–H groups in total. The van der Waals surface area contributed by atoms with Crippen LogP contribution in [0.5, 0.6) is 0 Å². The zero-order chi connectivity index (χ0) is 39.3. The van der Waals surface area contributed by atoms with Crippen molar-refractivity contribution >= 4 is 0 Å². The molecule has 0 fully saturated rings. The van der Waals surface area contributed by atoms with Gasteiger partial charge in [-0.2, -0.15) is 0 Å². The maximum Gasteiger partial charge on any atom is 0.00951 e. The topological polar surface area (TPSA) is 3.24 Å². The first-order valence-electron chi connectivity index (χ1n) is 26.4. The first-order chi connectivity index (χ1) is 26.7. The van der Waals surface area contributed by atoms with Gasteiger partial charge >= 0.3 is 0 Å². The van der Waals surface area contributed by atoms with E-state index >= 15 is 0 Å². The molecule has 0 aromatic heterocycles. The van der Waals surface area contributed by atoms with Crippen LogP contribution in [0.4, 0.5) is 0 Å². The summed E-state index contributed by atoms with van der Waals surface area (Å²) in [5.41, 5.74) is 0. The summed E-state index contributed by atoms with van der Waals surface area (Å²) in [7, 11) is 2.58. The molecular formula is C53H109N. The molecule has 0 rings (SSSR count). The van der Waals surface area contributed by atoms with Crippen molar-refractivity contribution in [1.29, 1.82) is 0 Å². The number of nitrogens with zero attached hydrogens (tertiary/aromatic N) is 1. The van der Waals surface area contributed by atoms with Crippen molar-refractivity contribution in [1.82, 2.24) is 4.90 Å². The van der Waals surface area contributed by atoms with E-state index in [1.54, 1.807) is 0 Å². The molecule has 0 aliphatic rings. The second-order valence-electron chi connectivity index (χ2n) is 18.6. The first-order valence-corrected chi connectivity index (χ1v) is 26.4. The minimum Gasteiger partial charge on any atom is -0.300 e. The summed E-state index contributed by atoms with van der Waals surface area (Å²) in [6.07, 6.45) is 67.1. The van der Waals surface area contributed by atoms with Gasteiger partial charge in [-0.25, -0.2) is 0 Å². The van der Waals surface area contributed by atoms with Crippen molar-refractivity contribution in [3.63, 3.8) is 0 Å². The molecule has 2 unspecified atom stereocenters. The van der Waals surface area contributed by atoms with Gasteiger partial charge in [-0.3, -0.25) is 0 Å². The molecule has 0 heterocycles. The monoisotopic (exact) mass is 760 g/mol. The third-order valence-corrected chi connectivity index (χ3v) is 13.2. The fourth-order valence-electron chi connectivity index (χ4n) is 9.22. The van der Waals surface area contributed by atoms with Crippen LogP contribution in [0.15, 0.2) is 0 Å². The molecule has 1 nitrogen and oxygen atoms in total. The second-order valence-corrected chi connectivity index (χ2v) is 18.6. The van der Waals surface area contributed by atoms with Crippen molar-refractivity contribution in [3.05, 3.63) is 0 Å². The third kappa shape index (κ3) is 40.2. The van der Waals surface area contributed by atoms with E-state index in [2.05, 4.69) is 39.6 Å². The van der Waals surface area contributed by atoms with E-state index in [1.807, 2.05) is 0 Å². The molecule has 0 aromatic carbocycles. The zero-order valence-corrected chi connectivity index (χ0v) is 39.1. The van der Waals surface area contributed by atoms with Gasteiger partial charge in [0.05, 0.1) is 0 Å². The average Bonchev–Trinajstić information content (AvgIpc) is 3.18. The van der Waals surface area contributed by atoms with E-state index in [4.69, 9.17) is 0 Å². The molecule has 2 atom stereocenters. The van der Waals surface area contributed by atoms with Gasteiger partial charge in [0.15, 0.2) is 0 Å². The number of unbranched alkanes of at least 4 members (excludes halogenated alkanes) is 38. The van der Waals surface area contributed by atoms with Crippen molar-refractivity contribution in [2.75, 3.05) is 7.05 Å². The molecule has 0 saturated heterocycles. The molecule has 1 heteroatoms. The predicted octanol–water partition coefficient (Wildman–Crippen LogP) is 19.7. The van der Waals surface area contributed by atoms with E-state index in [1.165, 1.54) is 295 Å². The van der Waals surface area contributed by atoms with E-state index in [-0.39, 0.29) is 0 Å². The smallest absolute Gasteiger partial charge is 0.00951 e. The Bertz CT molecular complexity index is 589. The normalized spacial score (nSPS) is 13.0. The van der Waals surface area contributed by atoms with Gasteiger partial charge in [0.2, 0.25) is 0 Å². The maximum atomic E-state index is 2.98. The van der Waals surface area contributed by atoms with Crippen LogP contribution in [0.1, 0.15) is 323 Å². The van der Waals surface area contributed by atoms with Crippen LogP contribution in [0, 0.1) is 0 Å². The Morgan fingerprint density at radius 1 is 0.204 bits per heavy atom. The molecule has 326 valence electrons. The van der Waals surface area contributed by atoms with E-state index in [9.17, 15) is 0 Å². The van der Waals surface area contributed by atoms with E-state index in [0.29, 0.717) is 0 Å². The number of rotatable bonds is 48. The third-order valence-electron chi connectivity index (χ3n) is 13.2. The van der Waals surface area contributed by atoms with Crippen LogP contribution in [-0.2, 0) is 0 Å². The highest BCUT2D eigenvalue weighted by Gasteiger charge is 2.22. The lowest BCUT2D eigenvalue weighted by atomic mass is 9.94. The largest absolute Gasteiger partial charge is 0.300 e. The fraction of sp³-hybridized carbons (Fsp3) is 1.00.